The Bertz CT molecular complexity index is 419. The zero-order valence-corrected chi connectivity index (χ0v) is 11.1. The Hall–Kier alpha value is -1.55. The predicted octanol–water partition coefficient (Wildman–Crippen LogP) is 1.09. The van der Waals surface area contributed by atoms with Crippen molar-refractivity contribution in [3.8, 4) is 0 Å². The van der Waals surface area contributed by atoms with E-state index >= 15 is 0 Å². The van der Waals surface area contributed by atoms with E-state index in [0.29, 0.717) is 19.1 Å². The van der Waals surface area contributed by atoms with Crippen LogP contribution in [0.15, 0.2) is 24.3 Å². The lowest BCUT2D eigenvalue weighted by molar-refractivity contribution is -0.122. The second-order valence-electron chi connectivity index (χ2n) is 4.76. The molecule has 0 saturated heterocycles. The number of hydrogen-bond acceptors (Lipinski definition) is 3. The summed E-state index contributed by atoms with van der Waals surface area (Å²) in [6.07, 6.45) is 0.999. The molecule has 18 heavy (non-hydrogen) atoms. The van der Waals surface area contributed by atoms with Crippen LogP contribution in [0.1, 0.15) is 12.5 Å². The quantitative estimate of drug-likeness (QED) is 0.837. The molecule has 1 atom stereocenters. The van der Waals surface area contributed by atoms with Crippen LogP contribution in [-0.4, -0.2) is 43.5 Å². The number of carbonyl (C=O) groups is 1. The number of amides is 1. The maximum absolute atomic E-state index is 11.6. The highest BCUT2D eigenvalue weighted by atomic mass is 16.2. The van der Waals surface area contributed by atoms with Gasteiger partial charge in [-0.05, 0) is 32.0 Å². The Morgan fingerprint density at radius 1 is 1.50 bits per heavy atom. The van der Waals surface area contributed by atoms with Crippen LogP contribution in [0, 0.1) is 0 Å². The Labute approximate surface area is 108 Å². The second-order valence-corrected chi connectivity index (χ2v) is 4.76. The van der Waals surface area contributed by atoms with E-state index in [0.717, 1.165) is 13.0 Å². The van der Waals surface area contributed by atoms with Gasteiger partial charge in [0.1, 0.15) is 0 Å². The van der Waals surface area contributed by atoms with Crippen LogP contribution in [-0.2, 0) is 11.2 Å². The minimum Gasteiger partial charge on any atom is -0.383 e. The number of nitrogens with one attached hydrogen (secondary N) is 2. The molecule has 1 amide bonds. The molecule has 0 aromatic heterocycles. The van der Waals surface area contributed by atoms with Gasteiger partial charge in [-0.3, -0.25) is 9.69 Å². The molecule has 1 unspecified atom stereocenters. The minimum atomic E-state index is 0.0962. The molecule has 0 aliphatic carbocycles. The number of likely N-dealkylation sites (N-methyl/N-ethyl adjacent to an activating group) is 2. The van der Waals surface area contributed by atoms with Crippen LogP contribution in [0.2, 0.25) is 0 Å². The molecule has 4 heteroatoms. The first-order valence-corrected chi connectivity index (χ1v) is 6.49. The Morgan fingerprint density at radius 2 is 2.28 bits per heavy atom. The van der Waals surface area contributed by atoms with Gasteiger partial charge in [-0.2, -0.15) is 0 Å². The number of para-hydroxylation sites is 1. The third-order valence-corrected chi connectivity index (χ3v) is 3.39. The number of anilines is 1. The highest BCUT2D eigenvalue weighted by molar-refractivity contribution is 5.78. The van der Waals surface area contributed by atoms with Crippen LogP contribution < -0.4 is 10.6 Å². The second kappa shape index (κ2) is 5.87. The van der Waals surface area contributed by atoms with E-state index < -0.39 is 0 Å². The number of fused-ring (bicyclic) bond motifs is 1. The molecule has 0 saturated carbocycles. The summed E-state index contributed by atoms with van der Waals surface area (Å²) >= 11 is 0. The van der Waals surface area contributed by atoms with Gasteiger partial charge in [0.25, 0.3) is 0 Å². The van der Waals surface area contributed by atoms with Crippen molar-refractivity contribution in [1.82, 2.24) is 10.2 Å². The average molecular weight is 247 g/mol. The van der Waals surface area contributed by atoms with Crippen LogP contribution in [0.3, 0.4) is 0 Å². The van der Waals surface area contributed by atoms with Gasteiger partial charge < -0.3 is 10.6 Å². The highest BCUT2D eigenvalue weighted by Gasteiger charge is 2.22. The lowest BCUT2D eigenvalue weighted by Gasteiger charge is -2.32. The molecular weight excluding hydrogens is 226 g/mol. The van der Waals surface area contributed by atoms with Gasteiger partial charge in [-0.25, -0.2) is 0 Å². The van der Waals surface area contributed by atoms with E-state index in [9.17, 15) is 4.79 Å². The summed E-state index contributed by atoms with van der Waals surface area (Å²) in [4.78, 5) is 13.7. The van der Waals surface area contributed by atoms with Gasteiger partial charge in [0.2, 0.25) is 5.91 Å². The van der Waals surface area contributed by atoms with Gasteiger partial charge in [0, 0.05) is 24.8 Å². The van der Waals surface area contributed by atoms with E-state index in [1.807, 2.05) is 20.0 Å². The number of rotatable bonds is 4. The van der Waals surface area contributed by atoms with Crippen LogP contribution in [0.5, 0.6) is 0 Å². The van der Waals surface area contributed by atoms with Gasteiger partial charge >= 0.3 is 0 Å². The zero-order valence-electron chi connectivity index (χ0n) is 11.1. The topological polar surface area (TPSA) is 44.4 Å². The third-order valence-electron chi connectivity index (χ3n) is 3.39. The lowest BCUT2D eigenvalue weighted by atomic mass is 9.99. The van der Waals surface area contributed by atoms with E-state index in [1.54, 1.807) is 0 Å². The van der Waals surface area contributed by atoms with E-state index in [1.165, 1.54) is 11.3 Å². The maximum atomic E-state index is 11.6. The molecule has 2 rings (SSSR count). The molecule has 1 aliphatic heterocycles. The molecule has 0 radical (unpaired) electrons. The Kier molecular flexibility index (Phi) is 4.20. The Balaban J connectivity index is 1.94. The van der Waals surface area contributed by atoms with E-state index in [2.05, 4.69) is 33.7 Å². The summed E-state index contributed by atoms with van der Waals surface area (Å²) in [5, 5.41) is 6.26. The average Bonchev–Trinajstić information content (AvgIpc) is 2.38. The molecule has 0 fully saturated rings. The monoisotopic (exact) mass is 247 g/mol. The standard InChI is InChI=1S/C14H21N3O/c1-3-15-14(18)10-17(2)12-8-11-6-4-5-7-13(11)16-9-12/h4-7,12,16H,3,8-10H2,1-2H3,(H,15,18). The molecule has 1 aromatic rings. The first-order valence-electron chi connectivity index (χ1n) is 6.49. The van der Waals surface area contributed by atoms with Crippen molar-refractivity contribution in [3.63, 3.8) is 0 Å². The molecule has 0 bridgehead atoms. The normalized spacial score (nSPS) is 18.1. The van der Waals surface area contributed by atoms with Crippen LogP contribution >= 0.6 is 0 Å². The van der Waals surface area contributed by atoms with Crippen molar-refractivity contribution in [2.45, 2.75) is 19.4 Å². The largest absolute Gasteiger partial charge is 0.383 e. The number of carbonyl (C=O) groups excluding carboxylic acids is 1. The van der Waals surface area contributed by atoms with Crippen molar-refractivity contribution >= 4 is 11.6 Å². The molecule has 0 spiro atoms. The predicted molar refractivity (Wildman–Crippen MR) is 73.7 cm³/mol. The molecule has 1 aliphatic rings. The summed E-state index contributed by atoms with van der Waals surface area (Å²) in [6, 6.07) is 8.74. The number of hydrogen-bond donors (Lipinski definition) is 2. The van der Waals surface area contributed by atoms with Gasteiger partial charge in [-0.15, -0.1) is 0 Å². The third kappa shape index (κ3) is 3.01. The van der Waals surface area contributed by atoms with E-state index in [-0.39, 0.29) is 5.91 Å². The Morgan fingerprint density at radius 3 is 3.06 bits per heavy atom. The summed E-state index contributed by atoms with van der Waals surface area (Å²) in [6.45, 7) is 3.99. The first kappa shape index (κ1) is 12.9. The highest BCUT2D eigenvalue weighted by Crippen LogP contribution is 2.22. The summed E-state index contributed by atoms with van der Waals surface area (Å²) in [5.74, 6) is 0.0962. The molecule has 1 heterocycles. The summed E-state index contributed by atoms with van der Waals surface area (Å²) in [7, 11) is 2.01. The van der Waals surface area contributed by atoms with Crippen LogP contribution in [0.4, 0.5) is 5.69 Å². The SMILES string of the molecule is CCNC(=O)CN(C)C1CNc2ccccc2C1. The minimum absolute atomic E-state index is 0.0962. The van der Waals surface area contributed by atoms with Crippen molar-refractivity contribution in [3.05, 3.63) is 29.8 Å². The van der Waals surface area contributed by atoms with Crippen molar-refractivity contribution in [2.75, 3.05) is 32.0 Å². The maximum Gasteiger partial charge on any atom is 0.234 e. The van der Waals surface area contributed by atoms with Gasteiger partial charge in [0.15, 0.2) is 0 Å². The van der Waals surface area contributed by atoms with Crippen molar-refractivity contribution < 1.29 is 4.79 Å². The molecule has 4 nitrogen and oxygen atoms in total. The van der Waals surface area contributed by atoms with Gasteiger partial charge in [0.05, 0.1) is 6.54 Å². The van der Waals surface area contributed by atoms with Crippen molar-refractivity contribution in [1.29, 1.82) is 0 Å². The molecule has 1 aromatic carbocycles. The number of benzene rings is 1. The zero-order chi connectivity index (χ0) is 13.0. The molecule has 2 N–H and O–H groups in total. The molecular formula is C14H21N3O. The molecule has 98 valence electrons. The van der Waals surface area contributed by atoms with Crippen LogP contribution in [0.25, 0.3) is 0 Å². The fourth-order valence-corrected chi connectivity index (χ4v) is 2.34. The lowest BCUT2D eigenvalue weighted by Crippen LogP contribution is -2.46. The van der Waals surface area contributed by atoms with E-state index in [4.69, 9.17) is 0 Å². The fraction of sp³-hybridized carbons (Fsp3) is 0.500. The summed E-state index contributed by atoms with van der Waals surface area (Å²) < 4.78 is 0. The summed E-state index contributed by atoms with van der Waals surface area (Å²) in [5.41, 5.74) is 2.55. The van der Waals surface area contributed by atoms with Crippen molar-refractivity contribution in [2.24, 2.45) is 0 Å². The first-order chi connectivity index (χ1) is 8.70. The fourth-order valence-electron chi connectivity index (χ4n) is 2.34. The smallest absolute Gasteiger partial charge is 0.234 e. The van der Waals surface area contributed by atoms with Gasteiger partial charge in [-0.1, -0.05) is 18.2 Å². The number of nitrogens with zero attached hydrogens (tertiary/aromatic N) is 1.